The van der Waals surface area contributed by atoms with Crippen LogP contribution >= 0.6 is 11.3 Å². The molecule has 3 rings (SSSR count). The van der Waals surface area contributed by atoms with Crippen LogP contribution in [-0.4, -0.2) is 39.4 Å². The first-order valence-corrected chi connectivity index (χ1v) is 11.3. The van der Waals surface area contributed by atoms with Gasteiger partial charge in [0.1, 0.15) is 10.7 Å². The lowest BCUT2D eigenvalue weighted by molar-refractivity contribution is 0.0360. The first-order chi connectivity index (χ1) is 15.0. The zero-order chi connectivity index (χ0) is 22.2. The van der Waals surface area contributed by atoms with Crippen molar-refractivity contribution in [1.82, 2.24) is 19.9 Å². The van der Waals surface area contributed by atoms with Gasteiger partial charge in [-0.15, -0.1) is 11.3 Å². The molecule has 2 heterocycles. The van der Waals surface area contributed by atoms with Gasteiger partial charge in [0.25, 0.3) is 11.8 Å². The molecule has 0 atom stereocenters. The molecule has 164 valence electrons. The van der Waals surface area contributed by atoms with Crippen LogP contribution in [0.4, 0.5) is 0 Å². The summed E-state index contributed by atoms with van der Waals surface area (Å²) >= 11 is 1.42. The summed E-state index contributed by atoms with van der Waals surface area (Å²) in [7, 11) is 0. The Bertz CT molecular complexity index is 1030. The fraction of sp³-hybridized carbons (Fsp3) is 0.348. The smallest absolute Gasteiger partial charge is 0.294 e. The molecule has 0 radical (unpaired) electrons. The lowest BCUT2D eigenvalue weighted by atomic mass is 10.1. The minimum absolute atomic E-state index is 0.0387. The number of aromatic nitrogens is 2. The highest BCUT2D eigenvalue weighted by Crippen LogP contribution is 2.17. The van der Waals surface area contributed by atoms with Crippen LogP contribution in [0.3, 0.4) is 0 Å². The van der Waals surface area contributed by atoms with E-state index in [1.54, 1.807) is 12.3 Å². The molecule has 2 amide bonds. The Kier molecular flexibility index (Phi) is 7.97. The van der Waals surface area contributed by atoms with E-state index in [0.717, 1.165) is 28.2 Å². The molecule has 7 nitrogen and oxygen atoms in total. The summed E-state index contributed by atoms with van der Waals surface area (Å²) in [6.45, 7) is 7.95. The highest BCUT2D eigenvalue weighted by atomic mass is 32.1. The van der Waals surface area contributed by atoms with Gasteiger partial charge in [-0.3, -0.25) is 14.4 Å². The number of hydrogen-bond donors (Lipinski definition) is 1. The third kappa shape index (κ3) is 5.80. The first kappa shape index (κ1) is 22.7. The third-order valence-electron chi connectivity index (χ3n) is 4.83. The van der Waals surface area contributed by atoms with Crippen molar-refractivity contribution in [1.29, 1.82) is 0 Å². The zero-order valence-corrected chi connectivity index (χ0v) is 18.9. The molecule has 0 saturated heterocycles. The van der Waals surface area contributed by atoms with E-state index in [-0.39, 0.29) is 11.8 Å². The van der Waals surface area contributed by atoms with Crippen LogP contribution in [0.5, 0.6) is 0 Å². The van der Waals surface area contributed by atoms with Crippen LogP contribution in [0, 0.1) is 6.92 Å². The number of hydroxylamine groups is 1. The number of nitrogens with zero attached hydrogens (tertiary/aromatic N) is 3. The normalized spacial score (nSPS) is 10.8. The van der Waals surface area contributed by atoms with Gasteiger partial charge in [-0.05, 0) is 44.0 Å². The maximum absolute atomic E-state index is 13.2. The molecule has 0 bridgehead atoms. The highest BCUT2D eigenvalue weighted by molar-refractivity contribution is 7.09. The molecule has 0 aliphatic rings. The second-order valence-corrected chi connectivity index (χ2v) is 8.10. The monoisotopic (exact) mass is 440 g/mol. The van der Waals surface area contributed by atoms with Crippen molar-refractivity contribution in [2.75, 3.05) is 13.2 Å². The Balaban J connectivity index is 1.73. The lowest BCUT2D eigenvalue weighted by Gasteiger charge is -2.24. The summed E-state index contributed by atoms with van der Waals surface area (Å²) in [6, 6.07) is 11.7. The van der Waals surface area contributed by atoms with Crippen molar-refractivity contribution in [3.63, 3.8) is 0 Å². The molecule has 8 heteroatoms. The minimum Gasteiger partial charge on any atom is -0.343 e. The number of hydrogen-bond acceptors (Lipinski definition) is 5. The Labute approximate surface area is 186 Å². The number of aryl methyl sites for hydroxylation is 1. The number of amides is 2. The van der Waals surface area contributed by atoms with Crippen LogP contribution in [0.25, 0.3) is 0 Å². The Morgan fingerprint density at radius 1 is 1.19 bits per heavy atom. The average molecular weight is 441 g/mol. The molecule has 0 aliphatic carbocycles. The van der Waals surface area contributed by atoms with Crippen LogP contribution < -0.4 is 5.48 Å². The second-order valence-electron chi connectivity index (χ2n) is 7.16. The van der Waals surface area contributed by atoms with Gasteiger partial charge in [0.2, 0.25) is 0 Å². The number of nitrogens with one attached hydrogen (secondary N) is 1. The predicted molar refractivity (Wildman–Crippen MR) is 121 cm³/mol. The van der Waals surface area contributed by atoms with Crippen LogP contribution in [-0.2, 0) is 17.9 Å². The summed E-state index contributed by atoms with van der Waals surface area (Å²) < 4.78 is 2.07. The van der Waals surface area contributed by atoms with E-state index in [4.69, 9.17) is 4.84 Å². The van der Waals surface area contributed by atoms with Gasteiger partial charge in [-0.25, -0.2) is 10.5 Å². The zero-order valence-electron chi connectivity index (χ0n) is 18.1. The largest absolute Gasteiger partial charge is 0.343 e. The van der Waals surface area contributed by atoms with Gasteiger partial charge in [-0.1, -0.05) is 25.1 Å². The topological polar surface area (TPSA) is 76.5 Å². The lowest BCUT2D eigenvalue weighted by Crippen LogP contribution is -2.32. The van der Waals surface area contributed by atoms with Crippen molar-refractivity contribution >= 4 is 23.2 Å². The fourth-order valence-electron chi connectivity index (χ4n) is 3.27. The van der Waals surface area contributed by atoms with Gasteiger partial charge in [0.15, 0.2) is 0 Å². The van der Waals surface area contributed by atoms with Gasteiger partial charge in [0, 0.05) is 29.4 Å². The summed E-state index contributed by atoms with van der Waals surface area (Å²) in [5, 5.41) is 2.53. The molecule has 0 unspecified atom stereocenters. The van der Waals surface area contributed by atoms with E-state index in [1.807, 2.05) is 54.4 Å². The molecule has 0 fully saturated rings. The van der Waals surface area contributed by atoms with Crippen molar-refractivity contribution < 1.29 is 14.4 Å². The van der Waals surface area contributed by atoms with E-state index < -0.39 is 0 Å². The van der Waals surface area contributed by atoms with E-state index in [1.165, 1.54) is 11.3 Å². The molecular formula is C23H28N4O3S. The summed E-state index contributed by atoms with van der Waals surface area (Å²) in [5.41, 5.74) is 5.43. The molecule has 0 saturated carbocycles. The number of rotatable bonds is 10. The highest BCUT2D eigenvalue weighted by Gasteiger charge is 2.19. The number of carbonyl (C=O) groups excluding carboxylic acids is 2. The van der Waals surface area contributed by atoms with Crippen molar-refractivity contribution in [2.24, 2.45) is 0 Å². The Morgan fingerprint density at radius 3 is 2.74 bits per heavy atom. The van der Waals surface area contributed by atoms with Gasteiger partial charge in [-0.2, -0.15) is 0 Å². The number of benzene rings is 1. The first-order valence-electron chi connectivity index (χ1n) is 10.4. The van der Waals surface area contributed by atoms with Crippen molar-refractivity contribution in [3.05, 3.63) is 75.5 Å². The van der Waals surface area contributed by atoms with Gasteiger partial charge in [0.05, 0.1) is 19.7 Å². The summed E-state index contributed by atoms with van der Waals surface area (Å²) in [6.07, 6.45) is 2.85. The average Bonchev–Trinajstić information content (AvgIpc) is 3.41. The standard InChI is InChI=1S/C23H28N4O3S/c1-4-12-27(23(29)19-11-7-6-9-17(19)3)14-18-10-8-13-26(18)15-21-24-20(16-31-21)22(28)25-30-5-2/h6-11,13,16H,4-5,12,14-15H2,1-3H3,(H,25,28). The van der Waals surface area contributed by atoms with Crippen molar-refractivity contribution in [2.45, 2.75) is 40.3 Å². The number of thiazole rings is 1. The van der Waals surface area contributed by atoms with Crippen molar-refractivity contribution in [3.8, 4) is 0 Å². The Morgan fingerprint density at radius 2 is 2.00 bits per heavy atom. The Hall–Kier alpha value is -2.97. The van der Waals surface area contributed by atoms with Gasteiger partial charge < -0.3 is 9.47 Å². The molecule has 3 aromatic rings. The van der Waals surface area contributed by atoms with Gasteiger partial charge >= 0.3 is 0 Å². The second kappa shape index (κ2) is 10.9. The maximum atomic E-state index is 13.2. The van der Waals surface area contributed by atoms with Crippen LogP contribution in [0.2, 0.25) is 0 Å². The summed E-state index contributed by atoms with van der Waals surface area (Å²) in [5.74, 6) is -0.313. The molecule has 0 aliphatic heterocycles. The molecule has 1 N–H and O–H groups in total. The summed E-state index contributed by atoms with van der Waals surface area (Å²) in [4.78, 5) is 36.4. The molecule has 2 aromatic heterocycles. The molecular weight excluding hydrogens is 412 g/mol. The van der Waals surface area contributed by atoms with E-state index in [0.29, 0.717) is 31.9 Å². The number of carbonyl (C=O) groups is 2. The quantitative estimate of drug-likeness (QED) is 0.483. The van der Waals surface area contributed by atoms with Crippen LogP contribution in [0.1, 0.15) is 57.4 Å². The molecule has 31 heavy (non-hydrogen) atoms. The predicted octanol–water partition coefficient (Wildman–Crippen LogP) is 4.04. The van der Waals surface area contributed by atoms with E-state index in [2.05, 4.69) is 22.0 Å². The molecule has 0 spiro atoms. The SMILES string of the molecule is CCCN(Cc1cccn1Cc1nc(C(=O)NOCC)cs1)C(=O)c1ccccc1C. The fourth-order valence-corrected chi connectivity index (χ4v) is 4.04. The van der Waals surface area contributed by atoms with Crippen LogP contribution in [0.15, 0.2) is 48.0 Å². The van der Waals surface area contributed by atoms with E-state index in [9.17, 15) is 9.59 Å². The van der Waals surface area contributed by atoms with E-state index >= 15 is 0 Å². The maximum Gasteiger partial charge on any atom is 0.294 e. The molecule has 1 aromatic carbocycles. The third-order valence-corrected chi connectivity index (χ3v) is 5.67. The minimum atomic E-state index is -0.352.